The third-order valence-corrected chi connectivity index (χ3v) is 4.20. The third-order valence-electron chi connectivity index (χ3n) is 3.76. The third kappa shape index (κ3) is 7.81. The van der Waals surface area contributed by atoms with Gasteiger partial charge in [-0.1, -0.05) is 48.1 Å². The summed E-state index contributed by atoms with van der Waals surface area (Å²) >= 11 is 1.84. The summed E-state index contributed by atoms with van der Waals surface area (Å²) in [7, 11) is 0. The molecule has 0 spiro atoms. The zero-order valence-corrected chi connectivity index (χ0v) is 16.8. The van der Waals surface area contributed by atoms with Crippen LogP contribution in [0.2, 0.25) is 0 Å². The Bertz CT molecular complexity index is 533. The predicted octanol–water partition coefficient (Wildman–Crippen LogP) is 7.96. The molecule has 0 heterocycles. The molecule has 28 heavy (non-hydrogen) atoms. The summed E-state index contributed by atoms with van der Waals surface area (Å²) < 4.78 is 155. The van der Waals surface area contributed by atoms with Crippen LogP contribution in [0.1, 0.15) is 40.0 Å². The first-order valence-electron chi connectivity index (χ1n) is 7.55. The van der Waals surface area contributed by atoms with Gasteiger partial charge in [-0.3, -0.25) is 0 Å². The summed E-state index contributed by atoms with van der Waals surface area (Å²) in [6.45, 7) is 3.98. The summed E-state index contributed by atoms with van der Waals surface area (Å²) in [5, 5.41) is 0. The maximum atomic E-state index is 13.8. The Morgan fingerprint density at radius 3 is 1.50 bits per heavy atom. The van der Waals surface area contributed by atoms with Gasteiger partial charge in [0, 0.05) is 9.84 Å². The smallest absolute Gasteiger partial charge is 0.223 e. The summed E-state index contributed by atoms with van der Waals surface area (Å²) in [5.74, 6) is -8.28. The fraction of sp³-hybridized carbons (Fsp3) is 0.867. The molecule has 0 aromatic heterocycles. The minimum absolute atomic E-state index is 0.0320. The highest BCUT2D eigenvalue weighted by molar-refractivity contribution is 14.1. The molecular formula is C15H17F12I. The fourth-order valence-corrected chi connectivity index (χ4v) is 2.39. The number of halogens is 13. The maximum Gasteiger partial charge on any atom is 0.431 e. The molecule has 1 atom stereocenters. The Morgan fingerprint density at radius 2 is 1.21 bits per heavy atom. The lowest BCUT2D eigenvalue weighted by Gasteiger charge is -2.34. The molecule has 0 aromatic rings. The molecule has 0 nitrogen and oxygen atoms in total. The van der Waals surface area contributed by atoms with Crippen LogP contribution in [0.4, 0.5) is 52.7 Å². The van der Waals surface area contributed by atoms with Crippen molar-refractivity contribution in [1.29, 1.82) is 0 Å². The second kappa shape index (κ2) is 8.40. The highest BCUT2D eigenvalue weighted by Crippen LogP contribution is 2.53. The van der Waals surface area contributed by atoms with Crippen molar-refractivity contribution in [3.63, 3.8) is 0 Å². The van der Waals surface area contributed by atoms with Gasteiger partial charge in [-0.05, 0) is 13.3 Å². The number of allylic oxidation sites excluding steroid dienone is 2. The van der Waals surface area contributed by atoms with Crippen molar-refractivity contribution in [1.82, 2.24) is 0 Å². The van der Waals surface area contributed by atoms with Crippen LogP contribution in [0.5, 0.6) is 0 Å². The van der Waals surface area contributed by atoms with Crippen molar-refractivity contribution in [3.05, 3.63) is 11.6 Å². The van der Waals surface area contributed by atoms with E-state index in [0.29, 0.717) is 0 Å². The largest absolute Gasteiger partial charge is 0.431 e. The topological polar surface area (TPSA) is 0 Å². The molecule has 0 amide bonds. The monoisotopic (exact) mass is 552 g/mol. The zero-order valence-electron chi connectivity index (χ0n) is 14.7. The van der Waals surface area contributed by atoms with E-state index in [2.05, 4.69) is 0 Å². The van der Waals surface area contributed by atoms with Gasteiger partial charge in [-0.15, -0.1) is 0 Å². The van der Waals surface area contributed by atoms with E-state index in [1.165, 1.54) is 0 Å². The van der Waals surface area contributed by atoms with Gasteiger partial charge in [-0.25, -0.2) is 13.2 Å². The van der Waals surface area contributed by atoms with Gasteiger partial charge in [0.1, 0.15) is 0 Å². The van der Waals surface area contributed by atoms with Crippen molar-refractivity contribution in [2.24, 2.45) is 5.92 Å². The van der Waals surface area contributed by atoms with E-state index in [9.17, 15) is 52.7 Å². The van der Waals surface area contributed by atoms with Gasteiger partial charge in [0.15, 0.2) is 0 Å². The molecule has 0 fully saturated rings. The molecule has 0 aromatic carbocycles. The van der Waals surface area contributed by atoms with Crippen molar-refractivity contribution in [2.75, 3.05) is 0 Å². The first kappa shape index (κ1) is 27.6. The lowest BCUT2D eigenvalue weighted by atomic mass is 9.86. The van der Waals surface area contributed by atoms with E-state index in [1.54, 1.807) is 13.8 Å². The minimum Gasteiger partial charge on any atom is -0.223 e. The Balaban J connectivity index is 5.87. The van der Waals surface area contributed by atoms with Gasteiger partial charge in [0.05, 0.1) is 12.3 Å². The number of hydrogen-bond donors (Lipinski definition) is 0. The van der Waals surface area contributed by atoms with Crippen LogP contribution in [0, 0.1) is 5.92 Å². The van der Waals surface area contributed by atoms with Crippen LogP contribution in [0.3, 0.4) is 0 Å². The first-order chi connectivity index (χ1) is 11.9. The molecule has 0 radical (unpaired) electrons. The zero-order chi connectivity index (χ0) is 23.0. The van der Waals surface area contributed by atoms with Gasteiger partial charge < -0.3 is 0 Å². The molecule has 0 rings (SSSR count). The van der Waals surface area contributed by atoms with Crippen LogP contribution in [0.15, 0.2) is 11.6 Å². The van der Waals surface area contributed by atoms with Crippen LogP contribution < -0.4 is 0 Å². The average molecular weight is 552 g/mol. The Kier molecular flexibility index (Phi) is 8.29. The van der Waals surface area contributed by atoms with E-state index < -0.39 is 57.9 Å². The molecule has 0 saturated carbocycles. The quantitative estimate of drug-likeness (QED) is 0.130. The molecule has 0 aliphatic carbocycles. The second-order valence-electron chi connectivity index (χ2n) is 7.00. The molecule has 168 valence electrons. The molecular weight excluding hydrogens is 535 g/mol. The van der Waals surface area contributed by atoms with E-state index in [-0.39, 0.29) is 6.42 Å². The van der Waals surface area contributed by atoms with Gasteiger partial charge in [0.25, 0.3) is 5.92 Å². The summed E-state index contributed by atoms with van der Waals surface area (Å²) in [4.78, 5) is 0. The highest BCUT2D eigenvalue weighted by Gasteiger charge is 2.75. The van der Waals surface area contributed by atoms with Crippen LogP contribution in [0.25, 0.3) is 0 Å². The van der Waals surface area contributed by atoms with Crippen LogP contribution >= 0.6 is 22.6 Å². The standard InChI is InChI=1S/C15H17F12I/c1-8(4-5-10(2,3)28)9(13(19,20)21)6-11(16,17)7-12(18,14(22,23)24)15(25,26)27/h4,9H,5-7H2,1-3H3/b8-4+. The van der Waals surface area contributed by atoms with Gasteiger partial charge in [0.2, 0.25) is 0 Å². The van der Waals surface area contributed by atoms with E-state index in [0.717, 1.165) is 13.0 Å². The number of hydrogen-bond acceptors (Lipinski definition) is 0. The molecule has 13 heteroatoms. The van der Waals surface area contributed by atoms with E-state index in [1.807, 2.05) is 22.6 Å². The minimum atomic E-state index is -6.78. The van der Waals surface area contributed by atoms with Crippen molar-refractivity contribution >= 4 is 22.6 Å². The highest BCUT2D eigenvalue weighted by atomic mass is 127. The molecule has 1 unspecified atom stereocenters. The Morgan fingerprint density at radius 1 is 0.821 bits per heavy atom. The second-order valence-corrected chi connectivity index (χ2v) is 9.92. The molecule has 0 N–H and O–H groups in total. The molecule has 0 aliphatic rings. The van der Waals surface area contributed by atoms with E-state index >= 15 is 0 Å². The SMILES string of the molecule is C/C(=C\CC(C)(C)I)C(CC(F)(F)CC(F)(C(F)(F)F)C(F)(F)F)C(F)(F)F. The van der Waals surface area contributed by atoms with E-state index in [4.69, 9.17) is 0 Å². The molecule has 0 aliphatic heterocycles. The van der Waals surface area contributed by atoms with Crippen LogP contribution in [-0.4, -0.2) is 33.5 Å². The van der Waals surface area contributed by atoms with Crippen molar-refractivity contribution < 1.29 is 52.7 Å². The Hall–Kier alpha value is -0.370. The normalized spacial score (nSPS) is 17.1. The number of rotatable bonds is 7. The van der Waals surface area contributed by atoms with Gasteiger partial charge in [-0.2, -0.15) is 39.5 Å². The molecule has 0 saturated heterocycles. The predicted molar refractivity (Wildman–Crippen MR) is 86.1 cm³/mol. The Labute approximate surface area is 166 Å². The van der Waals surface area contributed by atoms with Crippen molar-refractivity contribution in [2.45, 2.75) is 73.6 Å². The lowest BCUT2D eigenvalue weighted by Crippen LogP contribution is -2.56. The summed E-state index contributed by atoms with van der Waals surface area (Å²) in [6, 6.07) is 0. The maximum absolute atomic E-state index is 13.8. The lowest BCUT2D eigenvalue weighted by molar-refractivity contribution is -0.355. The van der Waals surface area contributed by atoms with Gasteiger partial charge >= 0.3 is 24.2 Å². The van der Waals surface area contributed by atoms with Crippen molar-refractivity contribution in [3.8, 4) is 0 Å². The summed E-state index contributed by atoms with van der Waals surface area (Å²) in [6.07, 6.45) is -24.0. The first-order valence-corrected chi connectivity index (χ1v) is 8.63. The summed E-state index contributed by atoms with van der Waals surface area (Å²) in [5.41, 5.74) is -7.05. The fourth-order valence-electron chi connectivity index (χ4n) is 2.17. The number of alkyl halides is 13. The van der Waals surface area contributed by atoms with Crippen LogP contribution in [-0.2, 0) is 0 Å². The average Bonchev–Trinajstić information content (AvgIpc) is 2.37. The molecule has 0 bridgehead atoms.